The van der Waals surface area contributed by atoms with Crippen LogP contribution in [0.3, 0.4) is 0 Å². The highest BCUT2D eigenvalue weighted by Gasteiger charge is 2.12. The van der Waals surface area contributed by atoms with Gasteiger partial charge in [-0.3, -0.25) is 9.59 Å². The number of amides is 2. The molecular formula is C25H25N3O3S. The van der Waals surface area contributed by atoms with E-state index in [0.717, 1.165) is 16.9 Å². The molecule has 2 amide bonds. The highest BCUT2D eigenvalue weighted by atomic mass is 32.1. The van der Waals surface area contributed by atoms with Crippen molar-refractivity contribution < 1.29 is 14.3 Å². The quantitative estimate of drug-likeness (QED) is 0.472. The number of rotatable bonds is 7. The van der Waals surface area contributed by atoms with Crippen LogP contribution in [-0.4, -0.2) is 24.0 Å². The zero-order valence-corrected chi connectivity index (χ0v) is 18.7. The van der Waals surface area contributed by atoms with Gasteiger partial charge in [-0.25, -0.2) is 0 Å². The Hall–Kier alpha value is -3.71. The van der Waals surface area contributed by atoms with Crippen LogP contribution in [0.15, 0.2) is 78.9 Å². The molecule has 1 unspecified atom stereocenters. The third-order valence-electron chi connectivity index (χ3n) is 4.83. The molecule has 0 fully saturated rings. The number of benzene rings is 3. The fraction of sp³-hybridized carbons (Fsp3) is 0.160. The van der Waals surface area contributed by atoms with Gasteiger partial charge in [-0.1, -0.05) is 42.5 Å². The van der Waals surface area contributed by atoms with Crippen molar-refractivity contribution >= 4 is 34.8 Å². The Balaban J connectivity index is 1.49. The molecule has 0 aliphatic heterocycles. The number of carbonyl (C=O) groups excluding carboxylic acids is 2. The molecule has 6 nitrogen and oxygen atoms in total. The van der Waals surface area contributed by atoms with Crippen LogP contribution >= 0.6 is 12.2 Å². The summed E-state index contributed by atoms with van der Waals surface area (Å²) in [6.07, 6.45) is 0.199. The number of hydrogen-bond acceptors (Lipinski definition) is 4. The normalized spacial score (nSPS) is 11.2. The van der Waals surface area contributed by atoms with Crippen molar-refractivity contribution in [2.45, 2.75) is 19.4 Å². The van der Waals surface area contributed by atoms with Crippen molar-refractivity contribution in [1.82, 2.24) is 10.6 Å². The van der Waals surface area contributed by atoms with Gasteiger partial charge in [-0.05, 0) is 66.7 Å². The zero-order chi connectivity index (χ0) is 22.9. The lowest BCUT2D eigenvalue weighted by Crippen LogP contribution is -2.35. The lowest BCUT2D eigenvalue weighted by Gasteiger charge is -2.15. The first-order valence-electron chi connectivity index (χ1n) is 10.1. The van der Waals surface area contributed by atoms with E-state index < -0.39 is 0 Å². The molecule has 3 aromatic rings. The van der Waals surface area contributed by atoms with Gasteiger partial charge in [0.05, 0.1) is 19.6 Å². The Morgan fingerprint density at radius 1 is 0.938 bits per heavy atom. The van der Waals surface area contributed by atoms with Gasteiger partial charge in [0.15, 0.2) is 5.11 Å². The number of hydrogen-bond donors (Lipinski definition) is 3. The summed E-state index contributed by atoms with van der Waals surface area (Å²) in [6.45, 7) is 1.94. The first-order chi connectivity index (χ1) is 15.4. The fourth-order valence-corrected chi connectivity index (χ4v) is 3.30. The standard InChI is InChI=1S/C25H25N3O3S/c1-17(19-6-4-3-5-7-19)26-24(30)20-10-12-21(13-11-20)27-25(32)28-23(29)16-18-8-14-22(31-2)15-9-18/h3-15,17H,16H2,1-2H3,(H,26,30)(H2,27,28,29,32). The van der Waals surface area contributed by atoms with Gasteiger partial charge in [0.2, 0.25) is 5.91 Å². The Morgan fingerprint density at radius 2 is 1.59 bits per heavy atom. The van der Waals surface area contributed by atoms with Crippen molar-refractivity contribution in [3.8, 4) is 5.75 Å². The molecule has 0 aliphatic rings. The summed E-state index contributed by atoms with van der Waals surface area (Å²) in [5.74, 6) is 0.347. The van der Waals surface area contributed by atoms with E-state index in [-0.39, 0.29) is 29.4 Å². The largest absolute Gasteiger partial charge is 0.497 e. The summed E-state index contributed by atoms with van der Waals surface area (Å²) < 4.78 is 5.11. The predicted molar refractivity (Wildman–Crippen MR) is 130 cm³/mol. The van der Waals surface area contributed by atoms with E-state index in [0.29, 0.717) is 11.3 Å². The van der Waals surface area contributed by atoms with Crippen LogP contribution in [0.25, 0.3) is 0 Å². The number of nitrogens with one attached hydrogen (secondary N) is 3. The van der Waals surface area contributed by atoms with Gasteiger partial charge in [0, 0.05) is 11.3 Å². The molecule has 164 valence electrons. The average molecular weight is 448 g/mol. The third kappa shape index (κ3) is 6.65. The molecule has 3 N–H and O–H groups in total. The van der Waals surface area contributed by atoms with E-state index >= 15 is 0 Å². The summed E-state index contributed by atoms with van der Waals surface area (Å²) in [6, 6.07) is 23.8. The topological polar surface area (TPSA) is 79.5 Å². The number of methoxy groups -OCH3 is 1. The van der Waals surface area contributed by atoms with Crippen LogP contribution in [0.5, 0.6) is 5.75 Å². The van der Waals surface area contributed by atoms with Crippen molar-refractivity contribution in [2.24, 2.45) is 0 Å². The minimum atomic E-state index is -0.224. The number of thiocarbonyl (C=S) groups is 1. The molecule has 0 aliphatic carbocycles. The minimum Gasteiger partial charge on any atom is -0.497 e. The molecule has 0 bridgehead atoms. The van der Waals surface area contributed by atoms with Crippen molar-refractivity contribution in [3.05, 3.63) is 95.6 Å². The highest BCUT2D eigenvalue weighted by Crippen LogP contribution is 2.15. The minimum absolute atomic E-state index is 0.102. The van der Waals surface area contributed by atoms with E-state index in [1.807, 2.05) is 49.4 Å². The molecule has 3 aromatic carbocycles. The number of carbonyl (C=O) groups is 2. The molecule has 0 heterocycles. The second-order valence-corrected chi connectivity index (χ2v) is 7.62. The molecule has 0 radical (unpaired) electrons. The Labute approximate surface area is 193 Å². The van der Waals surface area contributed by atoms with Crippen LogP contribution in [0.2, 0.25) is 0 Å². The molecule has 1 atom stereocenters. The molecule has 7 heteroatoms. The first kappa shape index (κ1) is 23.0. The molecule has 0 saturated heterocycles. The molecule has 3 rings (SSSR count). The molecule has 0 spiro atoms. The van der Waals surface area contributed by atoms with Gasteiger partial charge >= 0.3 is 0 Å². The van der Waals surface area contributed by atoms with Crippen LogP contribution in [0.4, 0.5) is 5.69 Å². The summed E-state index contributed by atoms with van der Waals surface area (Å²) in [7, 11) is 1.59. The maximum absolute atomic E-state index is 12.5. The lowest BCUT2D eigenvalue weighted by atomic mass is 10.1. The monoisotopic (exact) mass is 447 g/mol. The van der Waals surface area contributed by atoms with Crippen LogP contribution in [0, 0.1) is 0 Å². The Morgan fingerprint density at radius 3 is 2.22 bits per heavy atom. The average Bonchev–Trinajstić information content (AvgIpc) is 2.80. The van der Waals surface area contributed by atoms with E-state index in [2.05, 4.69) is 16.0 Å². The van der Waals surface area contributed by atoms with E-state index in [1.165, 1.54) is 0 Å². The molecule has 0 saturated carbocycles. The highest BCUT2D eigenvalue weighted by molar-refractivity contribution is 7.80. The maximum atomic E-state index is 12.5. The predicted octanol–water partition coefficient (Wildman–Crippen LogP) is 4.24. The van der Waals surface area contributed by atoms with Crippen LogP contribution in [0.1, 0.15) is 34.5 Å². The molecule has 32 heavy (non-hydrogen) atoms. The molecule has 0 aromatic heterocycles. The van der Waals surface area contributed by atoms with Gasteiger partial charge in [0.1, 0.15) is 5.75 Å². The Bertz CT molecular complexity index is 1070. The van der Waals surface area contributed by atoms with Gasteiger partial charge in [-0.15, -0.1) is 0 Å². The summed E-state index contributed by atoms with van der Waals surface area (Å²) >= 11 is 5.22. The smallest absolute Gasteiger partial charge is 0.251 e. The third-order valence-corrected chi connectivity index (χ3v) is 5.03. The second-order valence-electron chi connectivity index (χ2n) is 7.21. The summed E-state index contributed by atoms with van der Waals surface area (Å²) in [5.41, 5.74) is 3.10. The SMILES string of the molecule is COc1ccc(CC(=O)NC(=S)Nc2ccc(C(=O)NC(C)c3ccccc3)cc2)cc1. The second kappa shape index (κ2) is 11.1. The molecular weight excluding hydrogens is 422 g/mol. The first-order valence-corrected chi connectivity index (χ1v) is 10.5. The maximum Gasteiger partial charge on any atom is 0.251 e. The van der Waals surface area contributed by atoms with Gasteiger partial charge in [0.25, 0.3) is 5.91 Å². The Kier molecular flexibility index (Phi) is 7.94. The van der Waals surface area contributed by atoms with Crippen LogP contribution < -0.4 is 20.7 Å². The van der Waals surface area contributed by atoms with E-state index in [4.69, 9.17) is 17.0 Å². The number of ether oxygens (including phenoxy) is 1. The van der Waals surface area contributed by atoms with Crippen molar-refractivity contribution in [1.29, 1.82) is 0 Å². The van der Waals surface area contributed by atoms with E-state index in [1.54, 1.807) is 43.5 Å². The van der Waals surface area contributed by atoms with Crippen molar-refractivity contribution in [3.63, 3.8) is 0 Å². The fourth-order valence-electron chi connectivity index (χ4n) is 3.07. The van der Waals surface area contributed by atoms with E-state index in [9.17, 15) is 9.59 Å². The summed E-state index contributed by atoms with van der Waals surface area (Å²) in [4.78, 5) is 24.7. The number of anilines is 1. The lowest BCUT2D eigenvalue weighted by molar-refractivity contribution is -0.119. The summed E-state index contributed by atoms with van der Waals surface area (Å²) in [5, 5.41) is 8.79. The zero-order valence-electron chi connectivity index (χ0n) is 17.9. The van der Waals surface area contributed by atoms with Crippen molar-refractivity contribution in [2.75, 3.05) is 12.4 Å². The van der Waals surface area contributed by atoms with Gasteiger partial charge < -0.3 is 20.7 Å². The van der Waals surface area contributed by atoms with Gasteiger partial charge in [-0.2, -0.15) is 0 Å². The van der Waals surface area contributed by atoms with Crippen LogP contribution in [-0.2, 0) is 11.2 Å².